The van der Waals surface area contributed by atoms with Gasteiger partial charge in [0.2, 0.25) is 0 Å². The molecule has 5 heteroatoms. The third kappa shape index (κ3) is 3.29. The molecule has 0 bridgehead atoms. The Kier molecular flexibility index (Phi) is 4.33. The molecule has 0 fully saturated rings. The lowest BCUT2D eigenvalue weighted by Crippen LogP contribution is -2.02. The standard InChI is InChI=1S/C13H9Cl3FN/c14-9-1-3-11(16)8(5-9)7-18-13-4-2-10(15)6-12(13)17/h1-6,18H,7H2. The van der Waals surface area contributed by atoms with Crippen LogP contribution in [-0.4, -0.2) is 0 Å². The summed E-state index contributed by atoms with van der Waals surface area (Å²) < 4.78 is 13.5. The minimum Gasteiger partial charge on any atom is -0.379 e. The van der Waals surface area contributed by atoms with Gasteiger partial charge in [-0.1, -0.05) is 34.8 Å². The molecule has 0 aliphatic rings. The highest BCUT2D eigenvalue weighted by molar-refractivity contribution is 6.33. The van der Waals surface area contributed by atoms with Crippen molar-refractivity contribution in [2.24, 2.45) is 0 Å². The number of anilines is 1. The smallest absolute Gasteiger partial charge is 0.147 e. The number of rotatable bonds is 3. The van der Waals surface area contributed by atoms with Crippen LogP contribution in [0, 0.1) is 5.82 Å². The van der Waals surface area contributed by atoms with E-state index >= 15 is 0 Å². The summed E-state index contributed by atoms with van der Waals surface area (Å²) in [5.74, 6) is -0.402. The quantitative estimate of drug-likeness (QED) is 0.800. The molecule has 0 spiro atoms. The van der Waals surface area contributed by atoms with Crippen LogP contribution in [0.5, 0.6) is 0 Å². The summed E-state index contributed by atoms with van der Waals surface area (Å²) in [4.78, 5) is 0. The Morgan fingerprint density at radius 3 is 2.33 bits per heavy atom. The van der Waals surface area contributed by atoms with E-state index in [1.807, 2.05) is 0 Å². The molecule has 0 saturated heterocycles. The van der Waals surface area contributed by atoms with Crippen LogP contribution in [0.15, 0.2) is 36.4 Å². The van der Waals surface area contributed by atoms with Crippen molar-refractivity contribution in [3.8, 4) is 0 Å². The molecule has 1 N–H and O–H groups in total. The fourth-order valence-corrected chi connectivity index (χ4v) is 2.04. The SMILES string of the molecule is Fc1cc(Cl)ccc1NCc1cc(Cl)ccc1Cl. The highest BCUT2D eigenvalue weighted by Gasteiger charge is 2.05. The predicted octanol–water partition coefficient (Wildman–Crippen LogP) is 5.40. The second-order valence-corrected chi connectivity index (χ2v) is 4.99. The van der Waals surface area contributed by atoms with E-state index in [2.05, 4.69) is 5.32 Å². The molecule has 18 heavy (non-hydrogen) atoms. The van der Waals surface area contributed by atoms with Crippen LogP contribution in [0.3, 0.4) is 0 Å². The van der Waals surface area contributed by atoms with Crippen molar-refractivity contribution in [3.63, 3.8) is 0 Å². The molecule has 2 aromatic rings. The second-order valence-electron chi connectivity index (χ2n) is 3.71. The Bertz CT molecular complexity index is 572. The van der Waals surface area contributed by atoms with Crippen LogP contribution in [0.1, 0.15) is 5.56 Å². The Morgan fingerprint density at radius 2 is 1.61 bits per heavy atom. The fourth-order valence-electron chi connectivity index (χ4n) is 1.50. The predicted molar refractivity (Wildman–Crippen MR) is 75.2 cm³/mol. The molecule has 0 radical (unpaired) electrons. The topological polar surface area (TPSA) is 12.0 Å². The van der Waals surface area contributed by atoms with Crippen LogP contribution in [0.4, 0.5) is 10.1 Å². The molecule has 0 atom stereocenters. The lowest BCUT2D eigenvalue weighted by Gasteiger charge is -2.09. The van der Waals surface area contributed by atoms with E-state index in [0.29, 0.717) is 27.3 Å². The van der Waals surface area contributed by atoms with Crippen molar-refractivity contribution in [3.05, 3.63) is 62.8 Å². The summed E-state index contributed by atoms with van der Waals surface area (Å²) in [5, 5.41) is 4.48. The zero-order valence-electron chi connectivity index (χ0n) is 9.18. The van der Waals surface area contributed by atoms with Crippen molar-refractivity contribution >= 4 is 40.5 Å². The third-order valence-corrected chi connectivity index (χ3v) is 3.25. The van der Waals surface area contributed by atoms with Crippen molar-refractivity contribution in [1.82, 2.24) is 0 Å². The van der Waals surface area contributed by atoms with Gasteiger partial charge in [0.05, 0.1) is 5.69 Å². The zero-order chi connectivity index (χ0) is 13.1. The Labute approximate surface area is 119 Å². The van der Waals surface area contributed by atoms with E-state index in [0.717, 1.165) is 5.56 Å². The molecule has 1 nitrogen and oxygen atoms in total. The first kappa shape index (κ1) is 13.5. The normalized spacial score (nSPS) is 10.4. The number of hydrogen-bond acceptors (Lipinski definition) is 1. The van der Waals surface area contributed by atoms with Crippen LogP contribution >= 0.6 is 34.8 Å². The van der Waals surface area contributed by atoms with Gasteiger partial charge in [-0.05, 0) is 42.0 Å². The average Bonchev–Trinajstić information content (AvgIpc) is 2.32. The molecule has 0 aliphatic heterocycles. The number of benzene rings is 2. The first-order valence-corrected chi connectivity index (χ1v) is 6.32. The van der Waals surface area contributed by atoms with E-state index < -0.39 is 5.82 Å². The summed E-state index contributed by atoms with van der Waals surface area (Å²) in [6.45, 7) is 0.387. The van der Waals surface area contributed by atoms with Crippen molar-refractivity contribution in [2.45, 2.75) is 6.54 Å². The summed E-state index contributed by atoms with van der Waals surface area (Å²) in [6.07, 6.45) is 0. The summed E-state index contributed by atoms with van der Waals surface area (Å²) >= 11 is 17.6. The first-order valence-electron chi connectivity index (χ1n) is 5.19. The summed E-state index contributed by atoms with van der Waals surface area (Å²) in [7, 11) is 0. The minimum absolute atomic E-state index is 0.360. The maximum absolute atomic E-state index is 13.5. The molecular formula is C13H9Cl3FN. The number of hydrogen-bond donors (Lipinski definition) is 1. The van der Waals surface area contributed by atoms with E-state index in [1.165, 1.54) is 6.07 Å². The van der Waals surface area contributed by atoms with Gasteiger partial charge in [-0.15, -0.1) is 0 Å². The highest BCUT2D eigenvalue weighted by Crippen LogP contribution is 2.23. The molecule has 0 saturated carbocycles. The van der Waals surface area contributed by atoms with Crippen molar-refractivity contribution < 1.29 is 4.39 Å². The van der Waals surface area contributed by atoms with Crippen LogP contribution < -0.4 is 5.32 Å². The second kappa shape index (κ2) is 5.79. The van der Waals surface area contributed by atoms with Crippen molar-refractivity contribution in [1.29, 1.82) is 0 Å². The van der Waals surface area contributed by atoms with Gasteiger partial charge in [0.15, 0.2) is 0 Å². The lowest BCUT2D eigenvalue weighted by atomic mass is 10.2. The van der Waals surface area contributed by atoms with Gasteiger partial charge in [-0.3, -0.25) is 0 Å². The highest BCUT2D eigenvalue weighted by atomic mass is 35.5. The summed E-state index contributed by atoms with van der Waals surface area (Å²) in [6, 6.07) is 9.60. The van der Waals surface area contributed by atoms with Crippen LogP contribution in [-0.2, 0) is 6.54 Å². The van der Waals surface area contributed by atoms with E-state index in [4.69, 9.17) is 34.8 Å². The molecular weight excluding hydrogens is 296 g/mol. The first-order chi connectivity index (χ1) is 8.56. The average molecular weight is 305 g/mol. The largest absolute Gasteiger partial charge is 0.379 e. The summed E-state index contributed by atoms with van der Waals surface area (Å²) in [5.41, 5.74) is 1.17. The fraction of sp³-hybridized carbons (Fsp3) is 0.0769. The van der Waals surface area contributed by atoms with E-state index in [-0.39, 0.29) is 0 Å². The van der Waals surface area contributed by atoms with Crippen LogP contribution in [0.25, 0.3) is 0 Å². The molecule has 0 amide bonds. The Balaban J connectivity index is 2.13. The molecule has 2 rings (SSSR count). The minimum atomic E-state index is -0.402. The molecule has 0 aromatic heterocycles. The van der Waals surface area contributed by atoms with Gasteiger partial charge in [-0.25, -0.2) is 4.39 Å². The van der Waals surface area contributed by atoms with E-state index in [9.17, 15) is 4.39 Å². The van der Waals surface area contributed by atoms with E-state index in [1.54, 1.807) is 30.3 Å². The van der Waals surface area contributed by atoms with Crippen LogP contribution in [0.2, 0.25) is 15.1 Å². The lowest BCUT2D eigenvalue weighted by molar-refractivity contribution is 0.630. The van der Waals surface area contributed by atoms with Crippen molar-refractivity contribution in [2.75, 3.05) is 5.32 Å². The number of nitrogens with one attached hydrogen (secondary N) is 1. The van der Waals surface area contributed by atoms with Gasteiger partial charge in [-0.2, -0.15) is 0 Å². The molecule has 2 aromatic carbocycles. The van der Waals surface area contributed by atoms with Gasteiger partial charge in [0.25, 0.3) is 0 Å². The molecule has 94 valence electrons. The maximum atomic E-state index is 13.5. The number of halogens is 4. The Morgan fingerprint density at radius 1 is 0.944 bits per heavy atom. The zero-order valence-corrected chi connectivity index (χ0v) is 11.5. The monoisotopic (exact) mass is 303 g/mol. The van der Waals surface area contributed by atoms with Gasteiger partial charge >= 0.3 is 0 Å². The Hall–Kier alpha value is -0.960. The van der Waals surface area contributed by atoms with Gasteiger partial charge in [0.1, 0.15) is 5.82 Å². The van der Waals surface area contributed by atoms with Gasteiger partial charge in [0, 0.05) is 21.6 Å². The third-order valence-electron chi connectivity index (χ3n) is 2.41. The molecule has 0 aliphatic carbocycles. The maximum Gasteiger partial charge on any atom is 0.147 e. The molecule has 0 heterocycles. The van der Waals surface area contributed by atoms with Gasteiger partial charge < -0.3 is 5.32 Å². The molecule has 0 unspecified atom stereocenters.